The number of pyridine rings is 1. The number of carbonyl (C=O) groups is 1. The first-order chi connectivity index (χ1) is 11.9. The molecule has 1 amide bonds. The van der Waals surface area contributed by atoms with E-state index >= 15 is 0 Å². The van der Waals surface area contributed by atoms with Gasteiger partial charge in [-0.2, -0.15) is 0 Å². The van der Waals surface area contributed by atoms with Crippen LogP contribution in [0.15, 0.2) is 36.7 Å². The second-order valence-electron chi connectivity index (χ2n) is 7.73. The molecule has 1 aliphatic heterocycles. The SMILES string of the molecule is CC(C)(C)OC(=O)N1CCC(c2cccc3cnccc23)CC1CN. The average molecular weight is 341 g/mol. The maximum Gasteiger partial charge on any atom is 0.410 e. The molecule has 134 valence electrons. The number of hydrogen-bond acceptors (Lipinski definition) is 4. The van der Waals surface area contributed by atoms with Gasteiger partial charge in [-0.1, -0.05) is 18.2 Å². The highest BCUT2D eigenvalue weighted by Crippen LogP contribution is 2.35. The van der Waals surface area contributed by atoms with Gasteiger partial charge in [0.15, 0.2) is 0 Å². The lowest BCUT2D eigenvalue weighted by molar-refractivity contribution is 0.00918. The zero-order chi connectivity index (χ0) is 18.0. The topological polar surface area (TPSA) is 68.5 Å². The first-order valence-electron chi connectivity index (χ1n) is 8.91. The van der Waals surface area contributed by atoms with Crippen molar-refractivity contribution in [3.05, 3.63) is 42.2 Å². The summed E-state index contributed by atoms with van der Waals surface area (Å²) in [5.74, 6) is 0.387. The van der Waals surface area contributed by atoms with Crippen LogP contribution in [-0.4, -0.2) is 40.7 Å². The van der Waals surface area contributed by atoms with E-state index in [0.717, 1.165) is 18.2 Å². The fourth-order valence-electron chi connectivity index (χ4n) is 3.62. The standard InChI is InChI=1S/C20H27N3O2/c1-20(2,3)25-19(24)23-10-8-14(11-16(23)12-21)17-6-4-5-15-13-22-9-7-18(15)17/h4-7,9,13-14,16H,8,10-12,21H2,1-3H3. The molecule has 0 spiro atoms. The summed E-state index contributed by atoms with van der Waals surface area (Å²) in [6, 6.07) is 8.43. The van der Waals surface area contributed by atoms with Crippen LogP contribution in [0.4, 0.5) is 4.79 Å². The van der Waals surface area contributed by atoms with Crippen LogP contribution in [-0.2, 0) is 4.74 Å². The summed E-state index contributed by atoms with van der Waals surface area (Å²) in [7, 11) is 0. The third kappa shape index (κ3) is 3.93. The molecule has 3 rings (SSSR count). The lowest BCUT2D eigenvalue weighted by atomic mass is 9.83. The van der Waals surface area contributed by atoms with E-state index in [1.807, 2.05) is 33.2 Å². The second-order valence-corrected chi connectivity index (χ2v) is 7.73. The van der Waals surface area contributed by atoms with Gasteiger partial charge in [0.05, 0.1) is 0 Å². The summed E-state index contributed by atoms with van der Waals surface area (Å²) in [6.45, 7) is 6.78. The van der Waals surface area contributed by atoms with Crippen LogP contribution < -0.4 is 5.73 Å². The Balaban J connectivity index is 1.80. The third-order valence-electron chi connectivity index (χ3n) is 4.77. The molecule has 1 fully saturated rings. The molecule has 1 aromatic carbocycles. The van der Waals surface area contributed by atoms with E-state index in [1.165, 1.54) is 10.9 Å². The largest absolute Gasteiger partial charge is 0.444 e. The molecule has 1 saturated heterocycles. The number of nitrogens with two attached hydrogens (primary N) is 1. The van der Waals surface area contributed by atoms with Crippen molar-refractivity contribution in [1.82, 2.24) is 9.88 Å². The molecule has 5 heteroatoms. The molecule has 2 atom stereocenters. The van der Waals surface area contributed by atoms with Crippen molar-refractivity contribution in [2.45, 2.75) is 51.2 Å². The zero-order valence-corrected chi connectivity index (χ0v) is 15.2. The lowest BCUT2D eigenvalue weighted by Gasteiger charge is -2.40. The Kier molecular flexibility index (Phi) is 4.95. The smallest absolute Gasteiger partial charge is 0.410 e. The number of amides is 1. The quantitative estimate of drug-likeness (QED) is 0.905. The minimum atomic E-state index is -0.490. The number of hydrogen-bond donors (Lipinski definition) is 1. The summed E-state index contributed by atoms with van der Waals surface area (Å²) in [6.07, 6.45) is 5.24. The molecule has 1 aliphatic rings. The summed E-state index contributed by atoms with van der Waals surface area (Å²) in [5, 5.41) is 2.39. The van der Waals surface area contributed by atoms with Gasteiger partial charge in [0.25, 0.3) is 0 Å². The van der Waals surface area contributed by atoms with E-state index < -0.39 is 5.60 Å². The third-order valence-corrected chi connectivity index (χ3v) is 4.77. The van der Waals surface area contributed by atoms with Crippen molar-refractivity contribution in [1.29, 1.82) is 0 Å². The summed E-state index contributed by atoms with van der Waals surface area (Å²) >= 11 is 0. The van der Waals surface area contributed by atoms with Crippen LogP contribution in [0.25, 0.3) is 10.8 Å². The van der Waals surface area contributed by atoms with Gasteiger partial charge in [-0.3, -0.25) is 4.98 Å². The Morgan fingerprint density at radius 3 is 2.88 bits per heavy atom. The minimum Gasteiger partial charge on any atom is -0.444 e. The molecule has 2 heterocycles. The van der Waals surface area contributed by atoms with Crippen LogP contribution >= 0.6 is 0 Å². The van der Waals surface area contributed by atoms with Gasteiger partial charge in [0.1, 0.15) is 5.60 Å². The fraction of sp³-hybridized carbons (Fsp3) is 0.500. The van der Waals surface area contributed by atoms with Crippen molar-refractivity contribution in [3.8, 4) is 0 Å². The molecule has 0 aliphatic carbocycles. The van der Waals surface area contributed by atoms with E-state index in [2.05, 4.69) is 29.2 Å². The molecule has 5 nitrogen and oxygen atoms in total. The van der Waals surface area contributed by atoms with Crippen molar-refractivity contribution in [2.24, 2.45) is 5.73 Å². The van der Waals surface area contributed by atoms with Crippen LogP contribution in [0.5, 0.6) is 0 Å². The summed E-state index contributed by atoms with van der Waals surface area (Å²) in [4.78, 5) is 18.5. The van der Waals surface area contributed by atoms with E-state index in [0.29, 0.717) is 19.0 Å². The van der Waals surface area contributed by atoms with Gasteiger partial charge in [-0.15, -0.1) is 0 Å². The highest BCUT2D eigenvalue weighted by molar-refractivity contribution is 5.85. The van der Waals surface area contributed by atoms with Crippen LogP contribution in [0.2, 0.25) is 0 Å². The zero-order valence-electron chi connectivity index (χ0n) is 15.2. The molecular weight excluding hydrogens is 314 g/mol. The van der Waals surface area contributed by atoms with Gasteiger partial charge in [0, 0.05) is 36.9 Å². The molecule has 2 aromatic rings. The van der Waals surface area contributed by atoms with Crippen LogP contribution in [0, 0.1) is 0 Å². The Hall–Kier alpha value is -2.14. The number of carbonyl (C=O) groups excluding carboxylic acids is 1. The normalized spacial score (nSPS) is 21.4. The number of aromatic nitrogens is 1. The molecule has 0 radical (unpaired) electrons. The van der Waals surface area contributed by atoms with Crippen LogP contribution in [0.3, 0.4) is 0 Å². The Labute approximate surface area is 149 Å². The number of piperidine rings is 1. The number of ether oxygens (including phenoxy) is 1. The summed E-state index contributed by atoms with van der Waals surface area (Å²) in [5.41, 5.74) is 6.82. The molecule has 2 unspecified atom stereocenters. The Morgan fingerprint density at radius 1 is 1.36 bits per heavy atom. The lowest BCUT2D eigenvalue weighted by Crippen LogP contribution is -2.50. The predicted molar refractivity (Wildman–Crippen MR) is 99.5 cm³/mol. The van der Waals surface area contributed by atoms with Gasteiger partial charge in [-0.05, 0) is 56.5 Å². The van der Waals surface area contributed by atoms with Crippen molar-refractivity contribution in [3.63, 3.8) is 0 Å². The molecule has 2 N–H and O–H groups in total. The first-order valence-corrected chi connectivity index (χ1v) is 8.91. The average Bonchev–Trinajstić information content (AvgIpc) is 2.59. The number of nitrogens with zero attached hydrogens (tertiary/aromatic N) is 2. The van der Waals surface area contributed by atoms with Crippen LogP contribution in [0.1, 0.15) is 45.1 Å². The monoisotopic (exact) mass is 341 g/mol. The number of likely N-dealkylation sites (tertiary alicyclic amines) is 1. The van der Waals surface area contributed by atoms with Gasteiger partial charge < -0.3 is 15.4 Å². The predicted octanol–water partition coefficient (Wildman–Crippen LogP) is 3.68. The van der Waals surface area contributed by atoms with Crippen molar-refractivity contribution in [2.75, 3.05) is 13.1 Å². The Bertz CT molecular complexity index is 749. The molecule has 0 saturated carbocycles. The molecular formula is C20H27N3O2. The molecule has 0 bridgehead atoms. The Morgan fingerprint density at radius 2 is 2.16 bits per heavy atom. The number of benzene rings is 1. The van der Waals surface area contributed by atoms with Crippen molar-refractivity contribution >= 4 is 16.9 Å². The van der Waals surface area contributed by atoms with E-state index in [4.69, 9.17) is 10.5 Å². The number of rotatable bonds is 2. The highest BCUT2D eigenvalue weighted by atomic mass is 16.6. The summed E-state index contributed by atoms with van der Waals surface area (Å²) < 4.78 is 5.54. The van der Waals surface area contributed by atoms with Gasteiger partial charge >= 0.3 is 6.09 Å². The van der Waals surface area contributed by atoms with E-state index in [1.54, 1.807) is 4.90 Å². The highest BCUT2D eigenvalue weighted by Gasteiger charge is 2.34. The van der Waals surface area contributed by atoms with Gasteiger partial charge in [0.2, 0.25) is 0 Å². The van der Waals surface area contributed by atoms with Gasteiger partial charge in [-0.25, -0.2) is 4.79 Å². The maximum absolute atomic E-state index is 12.5. The second kappa shape index (κ2) is 7.00. The number of fused-ring (bicyclic) bond motifs is 1. The molecule has 25 heavy (non-hydrogen) atoms. The van der Waals surface area contributed by atoms with E-state index in [9.17, 15) is 4.79 Å². The fourth-order valence-corrected chi connectivity index (χ4v) is 3.62. The van der Waals surface area contributed by atoms with E-state index in [-0.39, 0.29) is 12.1 Å². The maximum atomic E-state index is 12.5. The van der Waals surface area contributed by atoms with Crippen molar-refractivity contribution < 1.29 is 9.53 Å². The molecule has 1 aromatic heterocycles. The first kappa shape index (κ1) is 17.7. The minimum absolute atomic E-state index is 0.00527.